The Labute approximate surface area is 118 Å². The number of hydrogen-bond donors (Lipinski definition) is 0. The molecule has 19 heavy (non-hydrogen) atoms. The van der Waals surface area contributed by atoms with Crippen molar-refractivity contribution >= 4 is 17.6 Å². The lowest BCUT2D eigenvalue weighted by Gasteiger charge is -2.28. The number of rotatable bonds is 5. The SMILES string of the molecule is CCC(=O)OC(C)[C@H](c1ccc(Cl)cc1F)C(C)C. The van der Waals surface area contributed by atoms with E-state index in [1.807, 2.05) is 13.8 Å². The zero-order valence-electron chi connectivity index (χ0n) is 11.7. The summed E-state index contributed by atoms with van der Waals surface area (Å²) in [7, 11) is 0. The molecule has 0 bridgehead atoms. The minimum Gasteiger partial charge on any atom is -0.462 e. The Morgan fingerprint density at radius 1 is 1.37 bits per heavy atom. The lowest BCUT2D eigenvalue weighted by atomic mass is 9.84. The van der Waals surface area contributed by atoms with Crippen LogP contribution in [-0.2, 0) is 9.53 Å². The summed E-state index contributed by atoms with van der Waals surface area (Å²) in [5, 5.41) is 0.363. The third kappa shape index (κ3) is 4.20. The van der Waals surface area contributed by atoms with Gasteiger partial charge in [0.1, 0.15) is 11.9 Å². The van der Waals surface area contributed by atoms with Crippen LogP contribution in [0.2, 0.25) is 5.02 Å². The van der Waals surface area contributed by atoms with E-state index in [-0.39, 0.29) is 29.7 Å². The summed E-state index contributed by atoms with van der Waals surface area (Å²) in [6.07, 6.45) is -0.0544. The summed E-state index contributed by atoms with van der Waals surface area (Å²) in [5.41, 5.74) is 0.538. The van der Waals surface area contributed by atoms with Crippen molar-refractivity contribution in [2.75, 3.05) is 0 Å². The highest BCUT2D eigenvalue weighted by molar-refractivity contribution is 6.30. The van der Waals surface area contributed by atoms with Crippen molar-refractivity contribution in [1.82, 2.24) is 0 Å². The topological polar surface area (TPSA) is 26.3 Å². The molecular weight excluding hydrogens is 267 g/mol. The average Bonchev–Trinajstić information content (AvgIpc) is 2.31. The summed E-state index contributed by atoms with van der Waals surface area (Å²) in [6.45, 7) is 7.50. The Morgan fingerprint density at radius 3 is 2.47 bits per heavy atom. The summed E-state index contributed by atoms with van der Waals surface area (Å²) in [4.78, 5) is 11.4. The molecule has 0 aliphatic rings. The highest BCUT2D eigenvalue weighted by atomic mass is 35.5. The van der Waals surface area contributed by atoms with E-state index in [4.69, 9.17) is 16.3 Å². The third-order valence-electron chi connectivity index (χ3n) is 3.15. The van der Waals surface area contributed by atoms with Gasteiger partial charge in [-0.3, -0.25) is 4.79 Å². The monoisotopic (exact) mass is 286 g/mol. The first-order valence-corrected chi connectivity index (χ1v) is 6.89. The number of hydrogen-bond acceptors (Lipinski definition) is 2. The molecule has 0 fully saturated rings. The minimum atomic E-state index is -0.372. The fraction of sp³-hybridized carbons (Fsp3) is 0.533. The molecule has 0 amide bonds. The second-order valence-electron chi connectivity index (χ2n) is 4.98. The van der Waals surface area contributed by atoms with E-state index in [9.17, 15) is 9.18 Å². The maximum absolute atomic E-state index is 14.0. The van der Waals surface area contributed by atoms with Gasteiger partial charge < -0.3 is 4.74 Å². The molecule has 0 aliphatic heterocycles. The predicted molar refractivity (Wildman–Crippen MR) is 74.8 cm³/mol. The summed E-state index contributed by atoms with van der Waals surface area (Å²) in [5.74, 6) is -0.666. The van der Waals surface area contributed by atoms with Crippen molar-refractivity contribution in [2.45, 2.75) is 46.1 Å². The average molecular weight is 287 g/mol. The molecule has 2 atom stereocenters. The number of ether oxygens (including phenoxy) is 1. The highest BCUT2D eigenvalue weighted by Crippen LogP contribution is 2.32. The Bertz CT molecular complexity index is 446. The second kappa shape index (κ2) is 6.90. The molecule has 0 aromatic heterocycles. The number of halogens is 2. The molecular formula is C15H20ClFO2. The second-order valence-corrected chi connectivity index (χ2v) is 5.42. The van der Waals surface area contributed by atoms with Gasteiger partial charge in [-0.2, -0.15) is 0 Å². The van der Waals surface area contributed by atoms with Crippen molar-refractivity contribution in [1.29, 1.82) is 0 Å². The van der Waals surface area contributed by atoms with Crippen molar-refractivity contribution in [3.63, 3.8) is 0 Å². The van der Waals surface area contributed by atoms with Crippen LogP contribution in [0.3, 0.4) is 0 Å². The summed E-state index contributed by atoms with van der Waals surface area (Å²) < 4.78 is 19.3. The Morgan fingerprint density at radius 2 is 2.00 bits per heavy atom. The van der Waals surface area contributed by atoms with E-state index in [1.54, 1.807) is 26.0 Å². The Hall–Kier alpha value is -1.09. The van der Waals surface area contributed by atoms with Gasteiger partial charge in [0.25, 0.3) is 0 Å². The van der Waals surface area contributed by atoms with Crippen LogP contribution < -0.4 is 0 Å². The molecule has 0 radical (unpaired) electrons. The molecule has 0 N–H and O–H groups in total. The zero-order valence-corrected chi connectivity index (χ0v) is 12.5. The summed E-state index contributed by atoms with van der Waals surface area (Å²) >= 11 is 5.76. The van der Waals surface area contributed by atoms with Crippen LogP contribution in [0.15, 0.2) is 18.2 Å². The molecule has 2 nitrogen and oxygen atoms in total. The van der Waals surface area contributed by atoms with Crippen LogP contribution in [0.1, 0.15) is 45.6 Å². The Balaban J connectivity index is 3.03. The smallest absolute Gasteiger partial charge is 0.305 e. The van der Waals surface area contributed by atoms with Crippen LogP contribution in [0.5, 0.6) is 0 Å². The van der Waals surface area contributed by atoms with E-state index in [1.165, 1.54) is 6.07 Å². The molecule has 4 heteroatoms. The highest BCUT2D eigenvalue weighted by Gasteiger charge is 2.28. The summed E-state index contributed by atoms with van der Waals surface area (Å²) in [6, 6.07) is 4.61. The van der Waals surface area contributed by atoms with E-state index in [0.29, 0.717) is 17.0 Å². The normalized spacial score (nSPS) is 14.3. The lowest BCUT2D eigenvalue weighted by Crippen LogP contribution is -2.26. The van der Waals surface area contributed by atoms with E-state index in [2.05, 4.69) is 0 Å². The molecule has 0 saturated carbocycles. The molecule has 0 saturated heterocycles. The van der Waals surface area contributed by atoms with Gasteiger partial charge in [-0.1, -0.05) is 38.4 Å². The number of carbonyl (C=O) groups excluding carboxylic acids is 1. The molecule has 1 rings (SSSR count). The van der Waals surface area contributed by atoms with Gasteiger partial charge in [-0.05, 0) is 30.5 Å². The molecule has 1 unspecified atom stereocenters. The fourth-order valence-electron chi connectivity index (χ4n) is 2.29. The number of carbonyl (C=O) groups is 1. The largest absolute Gasteiger partial charge is 0.462 e. The third-order valence-corrected chi connectivity index (χ3v) is 3.39. The maximum Gasteiger partial charge on any atom is 0.305 e. The molecule has 0 aliphatic carbocycles. The van der Waals surface area contributed by atoms with Gasteiger partial charge in [0.2, 0.25) is 0 Å². The van der Waals surface area contributed by atoms with Crippen molar-refractivity contribution in [3.8, 4) is 0 Å². The van der Waals surface area contributed by atoms with Gasteiger partial charge in [0.05, 0.1) is 0 Å². The first-order chi connectivity index (χ1) is 8.86. The van der Waals surface area contributed by atoms with Crippen LogP contribution in [0.25, 0.3) is 0 Å². The molecule has 0 heterocycles. The van der Waals surface area contributed by atoms with Crippen molar-refractivity contribution in [2.24, 2.45) is 5.92 Å². The van der Waals surface area contributed by atoms with Crippen molar-refractivity contribution < 1.29 is 13.9 Å². The first-order valence-electron chi connectivity index (χ1n) is 6.51. The van der Waals surface area contributed by atoms with Gasteiger partial charge in [-0.15, -0.1) is 0 Å². The van der Waals surface area contributed by atoms with Gasteiger partial charge in [0, 0.05) is 17.4 Å². The van der Waals surface area contributed by atoms with E-state index in [0.717, 1.165) is 0 Å². The molecule has 0 spiro atoms. The van der Waals surface area contributed by atoms with Gasteiger partial charge >= 0.3 is 5.97 Å². The van der Waals surface area contributed by atoms with E-state index >= 15 is 0 Å². The maximum atomic E-state index is 14.0. The van der Waals surface area contributed by atoms with Crippen LogP contribution >= 0.6 is 11.6 Å². The van der Waals surface area contributed by atoms with Gasteiger partial charge in [-0.25, -0.2) is 4.39 Å². The standard InChI is InChI=1S/C15H20ClFO2/c1-5-14(18)19-10(4)15(9(2)3)12-7-6-11(16)8-13(12)17/h6-10,15H,5H2,1-4H3/t10?,15-/m1/s1. The van der Waals surface area contributed by atoms with Gasteiger partial charge in [0.15, 0.2) is 0 Å². The van der Waals surface area contributed by atoms with Crippen LogP contribution in [0, 0.1) is 11.7 Å². The zero-order chi connectivity index (χ0) is 14.6. The Kier molecular flexibility index (Phi) is 5.80. The lowest BCUT2D eigenvalue weighted by molar-refractivity contribution is -0.149. The van der Waals surface area contributed by atoms with Crippen LogP contribution in [-0.4, -0.2) is 12.1 Å². The first kappa shape index (κ1) is 16.0. The molecule has 1 aromatic rings. The number of esters is 1. The number of benzene rings is 1. The van der Waals surface area contributed by atoms with Crippen LogP contribution in [0.4, 0.5) is 4.39 Å². The van der Waals surface area contributed by atoms with E-state index < -0.39 is 0 Å². The molecule has 1 aromatic carbocycles. The predicted octanol–water partition coefficient (Wildman–Crippen LogP) is 4.56. The fourth-order valence-corrected chi connectivity index (χ4v) is 2.45. The van der Waals surface area contributed by atoms with Crippen molar-refractivity contribution in [3.05, 3.63) is 34.6 Å². The quantitative estimate of drug-likeness (QED) is 0.742. The minimum absolute atomic E-state index is 0.148. The molecule has 106 valence electrons.